The Morgan fingerprint density at radius 2 is 1.81 bits per heavy atom. The molecule has 0 saturated carbocycles. The van der Waals surface area contributed by atoms with Crippen LogP contribution in [-0.4, -0.2) is 25.0 Å². The van der Waals surface area contributed by atoms with Gasteiger partial charge in [0.05, 0.1) is 6.54 Å². The molecule has 146 valence electrons. The molecule has 0 fully saturated rings. The van der Waals surface area contributed by atoms with Gasteiger partial charge in [0.25, 0.3) is 0 Å². The summed E-state index contributed by atoms with van der Waals surface area (Å²) in [4.78, 5) is 16.7. The third-order valence-corrected chi connectivity index (χ3v) is 4.20. The number of rotatable bonds is 7. The number of nitrogens with one attached hydrogen (secondary N) is 3. The second-order valence-electron chi connectivity index (χ2n) is 5.82. The van der Waals surface area contributed by atoms with Crippen molar-refractivity contribution in [3.63, 3.8) is 0 Å². The summed E-state index contributed by atoms with van der Waals surface area (Å²) < 4.78 is 0. The van der Waals surface area contributed by atoms with Crippen LogP contribution >= 0.6 is 35.6 Å². The Morgan fingerprint density at radius 3 is 2.52 bits per heavy atom. The highest BCUT2D eigenvalue weighted by atomic mass is 127. The fourth-order valence-electron chi connectivity index (χ4n) is 2.35. The Balaban J connectivity index is 0.00000364. The fourth-order valence-corrected chi connectivity index (χ4v) is 2.52. The van der Waals surface area contributed by atoms with E-state index in [-0.39, 0.29) is 29.9 Å². The Hall–Kier alpha value is -1.80. The number of halogens is 2. The summed E-state index contributed by atoms with van der Waals surface area (Å²) in [6.45, 7) is 5.73. The normalized spacial score (nSPS) is 10.7. The predicted molar refractivity (Wildman–Crippen MR) is 124 cm³/mol. The van der Waals surface area contributed by atoms with E-state index in [2.05, 4.69) is 20.9 Å². The number of aliphatic imine (C=N–C) groups is 1. The number of benzene rings is 2. The summed E-state index contributed by atoms with van der Waals surface area (Å²) in [5, 5.41) is 9.90. The molecule has 2 aromatic carbocycles. The molecule has 0 aliphatic carbocycles. The molecule has 5 nitrogen and oxygen atoms in total. The molecule has 2 aromatic rings. The van der Waals surface area contributed by atoms with Crippen LogP contribution in [0.4, 0.5) is 5.69 Å². The maximum Gasteiger partial charge on any atom is 0.226 e. The van der Waals surface area contributed by atoms with Gasteiger partial charge in [-0.15, -0.1) is 24.0 Å². The Labute approximate surface area is 183 Å². The third-order valence-electron chi connectivity index (χ3n) is 3.79. The topological polar surface area (TPSA) is 65.5 Å². The lowest BCUT2D eigenvalue weighted by molar-refractivity contribution is -0.116. The molecule has 0 unspecified atom stereocenters. The van der Waals surface area contributed by atoms with Crippen molar-refractivity contribution < 1.29 is 4.79 Å². The Kier molecular flexibility index (Phi) is 10.8. The molecule has 0 saturated heterocycles. The number of nitrogens with zero attached hydrogens (tertiary/aromatic N) is 1. The van der Waals surface area contributed by atoms with E-state index in [9.17, 15) is 4.79 Å². The van der Waals surface area contributed by atoms with Crippen molar-refractivity contribution in [2.45, 2.75) is 26.8 Å². The van der Waals surface area contributed by atoms with Crippen LogP contribution in [0.2, 0.25) is 5.02 Å². The van der Waals surface area contributed by atoms with Gasteiger partial charge in [-0.3, -0.25) is 4.79 Å². The molecule has 0 radical (unpaired) electrons. The summed E-state index contributed by atoms with van der Waals surface area (Å²) in [5.74, 6) is 0.630. The highest BCUT2D eigenvalue weighted by molar-refractivity contribution is 14.0. The van der Waals surface area contributed by atoms with Gasteiger partial charge < -0.3 is 16.0 Å². The van der Waals surface area contributed by atoms with E-state index in [4.69, 9.17) is 11.6 Å². The molecule has 0 bridgehead atoms. The van der Waals surface area contributed by atoms with Crippen LogP contribution in [0.3, 0.4) is 0 Å². The minimum Gasteiger partial charge on any atom is -0.357 e. The average molecular weight is 501 g/mol. The van der Waals surface area contributed by atoms with Crippen LogP contribution in [0.5, 0.6) is 0 Å². The molecule has 0 heterocycles. The van der Waals surface area contributed by atoms with Crippen molar-refractivity contribution in [1.82, 2.24) is 10.6 Å². The number of carbonyl (C=O) groups is 1. The predicted octanol–water partition coefficient (Wildman–Crippen LogP) is 4.35. The molecule has 0 aliphatic heterocycles. The van der Waals surface area contributed by atoms with Gasteiger partial charge in [0.15, 0.2) is 5.96 Å². The molecule has 0 aromatic heterocycles. The first kappa shape index (κ1) is 23.2. The minimum absolute atomic E-state index is 0. The fraction of sp³-hybridized carbons (Fsp3) is 0.300. The van der Waals surface area contributed by atoms with E-state index in [1.165, 1.54) is 0 Å². The number of amides is 1. The lowest BCUT2D eigenvalue weighted by Gasteiger charge is -2.12. The molecule has 0 spiro atoms. The summed E-state index contributed by atoms with van der Waals surface area (Å²) in [6.07, 6.45) is 0.335. The van der Waals surface area contributed by atoms with E-state index >= 15 is 0 Å². The molecule has 27 heavy (non-hydrogen) atoms. The molecular formula is C20H26ClIN4O. The molecule has 0 aliphatic rings. The molecule has 7 heteroatoms. The molecular weight excluding hydrogens is 475 g/mol. The smallest absolute Gasteiger partial charge is 0.226 e. The van der Waals surface area contributed by atoms with Crippen molar-refractivity contribution in [3.05, 3.63) is 64.7 Å². The van der Waals surface area contributed by atoms with Gasteiger partial charge in [-0.2, -0.15) is 0 Å². The summed E-state index contributed by atoms with van der Waals surface area (Å²) >= 11 is 6.08. The van der Waals surface area contributed by atoms with Crippen LogP contribution < -0.4 is 16.0 Å². The Morgan fingerprint density at radius 1 is 1.07 bits per heavy atom. The van der Waals surface area contributed by atoms with Gasteiger partial charge in [0.1, 0.15) is 0 Å². The van der Waals surface area contributed by atoms with Gasteiger partial charge in [-0.25, -0.2) is 4.99 Å². The number of hydrogen-bond donors (Lipinski definition) is 3. The average Bonchev–Trinajstić information content (AvgIpc) is 2.64. The van der Waals surface area contributed by atoms with Gasteiger partial charge >= 0.3 is 0 Å². The highest BCUT2D eigenvalue weighted by Gasteiger charge is 2.07. The number of guanidine groups is 1. The number of anilines is 1. The van der Waals surface area contributed by atoms with Crippen molar-refractivity contribution in [2.75, 3.05) is 18.4 Å². The van der Waals surface area contributed by atoms with Crippen LogP contribution in [0.25, 0.3) is 0 Å². The monoisotopic (exact) mass is 500 g/mol. The van der Waals surface area contributed by atoms with E-state index in [1.54, 1.807) is 6.07 Å². The lowest BCUT2D eigenvalue weighted by Crippen LogP contribution is -2.38. The largest absolute Gasteiger partial charge is 0.357 e. The first-order chi connectivity index (χ1) is 12.6. The second-order valence-corrected chi connectivity index (χ2v) is 6.23. The third kappa shape index (κ3) is 8.17. The van der Waals surface area contributed by atoms with Crippen molar-refractivity contribution in [2.24, 2.45) is 4.99 Å². The SMILES string of the molecule is CCNC(=NCc1ccccc1)NCCC(=O)Nc1cccc(Cl)c1C.I. The first-order valence-corrected chi connectivity index (χ1v) is 9.09. The maximum atomic E-state index is 12.1. The van der Waals surface area contributed by atoms with E-state index in [0.717, 1.165) is 23.4 Å². The van der Waals surface area contributed by atoms with Gasteiger partial charge in [-0.1, -0.05) is 48.0 Å². The summed E-state index contributed by atoms with van der Waals surface area (Å²) in [6, 6.07) is 15.5. The van der Waals surface area contributed by atoms with Crippen molar-refractivity contribution in [3.8, 4) is 0 Å². The van der Waals surface area contributed by atoms with Crippen molar-refractivity contribution >= 4 is 53.1 Å². The standard InChI is InChI=1S/C20H25ClN4O.HI/c1-3-22-20(24-14-16-8-5-4-6-9-16)23-13-12-19(26)25-18-11-7-10-17(21)15(18)2;/h4-11H,3,12-14H2,1-2H3,(H,25,26)(H2,22,23,24);1H. The van der Waals surface area contributed by atoms with Crippen LogP contribution in [0.1, 0.15) is 24.5 Å². The number of hydrogen-bond acceptors (Lipinski definition) is 2. The maximum absolute atomic E-state index is 12.1. The molecule has 0 atom stereocenters. The summed E-state index contributed by atoms with van der Waals surface area (Å²) in [7, 11) is 0. The zero-order valence-electron chi connectivity index (χ0n) is 15.6. The zero-order chi connectivity index (χ0) is 18.8. The highest BCUT2D eigenvalue weighted by Crippen LogP contribution is 2.22. The van der Waals surface area contributed by atoms with E-state index in [1.807, 2.05) is 56.3 Å². The van der Waals surface area contributed by atoms with E-state index < -0.39 is 0 Å². The summed E-state index contributed by atoms with van der Waals surface area (Å²) in [5.41, 5.74) is 2.75. The lowest BCUT2D eigenvalue weighted by atomic mass is 10.2. The van der Waals surface area contributed by atoms with E-state index in [0.29, 0.717) is 30.5 Å². The number of carbonyl (C=O) groups excluding carboxylic acids is 1. The van der Waals surface area contributed by atoms with Gasteiger partial charge in [0.2, 0.25) is 5.91 Å². The van der Waals surface area contributed by atoms with Crippen molar-refractivity contribution in [1.29, 1.82) is 0 Å². The minimum atomic E-state index is -0.0678. The Bertz CT molecular complexity index is 753. The molecule has 1 amide bonds. The van der Waals surface area contributed by atoms with Crippen LogP contribution in [-0.2, 0) is 11.3 Å². The second kappa shape index (κ2) is 12.6. The van der Waals surface area contributed by atoms with Gasteiger partial charge in [-0.05, 0) is 37.1 Å². The van der Waals surface area contributed by atoms with Crippen LogP contribution in [0.15, 0.2) is 53.5 Å². The van der Waals surface area contributed by atoms with Crippen LogP contribution in [0, 0.1) is 6.92 Å². The quantitative estimate of drug-likeness (QED) is 0.301. The first-order valence-electron chi connectivity index (χ1n) is 8.71. The molecule has 3 N–H and O–H groups in total. The molecule has 2 rings (SSSR count). The zero-order valence-corrected chi connectivity index (χ0v) is 18.7. The van der Waals surface area contributed by atoms with Gasteiger partial charge in [0, 0.05) is 30.2 Å².